The molecule has 1 unspecified atom stereocenters. The average molecular weight is 157 g/mol. The lowest BCUT2D eigenvalue weighted by Crippen LogP contribution is -2.38. The average Bonchev–Trinajstić information content (AvgIpc) is 2.07. The quantitative estimate of drug-likeness (QED) is 0.672. The number of piperidine rings is 1. The minimum absolute atomic E-state index is 0.166. The van der Waals surface area contributed by atoms with Gasteiger partial charge >= 0.3 is 0 Å². The highest BCUT2D eigenvalue weighted by Crippen LogP contribution is 2.13. The Kier molecular flexibility index (Phi) is 3.87. The van der Waals surface area contributed by atoms with Gasteiger partial charge in [0, 0.05) is 13.1 Å². The summed E-state index contributed by atoms with van der Waals surface area (Å²) in [7, 11) is 0. The van der Waals surface area contributed by atoms with E-state index in [0.29, 0.717) is 0 Å². The molecule has 0 aromatic heterocycles. The summed E-state index contributed by atoms with van der Waals surface area (Å²) in [6.07, 6.45) is 5.72. The fourth-order valence-electron chi connectivity index (χ4n) is 1.66. The van der Waals surface area contributed by atoms with Crippen LogP contribution in [0.15, 0.2) is 0 Å². The van der Waals surface area contributed by atoms with Gasteiger partial charge in [0.25, 0.3) is 0 Å². The summed E-state index contributed by atoms with van der Waals surface area (Å²) in [5, 5.41) is 9.60. The molecular formula is C9H19NO. The highest BCUT2D eigenvalue weighted by Gasteiger charge is 2.16. The fraction of sp³-hybridized carbons (Fsp3) is 1.00. The van der Waals surface area contributed by atoms with E-state index in [2.05, 4.69) is 11.8 Å². The van der Waals surface area contributed by atoms with E-state index in [4.69, 9.17) is 0 Å². The number of nitrogens with zero attached hydrogens (tertiary/aromatic N) is 1. The molecular weight excluding hydrogens is 138 g/mol. The maximum absolute atomic E-state index is 9.60. The van der Waals surface area contributed by atoms with E-state index in [-0.39, 0.29) is 6.23 Å². The second-order valence-corrected chi connectivity index (χ2v) is 3.37. The lowest BCUT2D eigenvalue weighted by molar-refractivity contribution is -0.0136. The zero-order chi connectivity index (χ0) is 8.10. The summed E-state index contributed by atoms with van der Waals surface area (Å²) in [5.74, 6) is 0. The number of aliphatic hydroxyl groups is 1. The van der Waals surface area contributed by atoms with E-state index in [1.165, 1.54) is 19.3 Å². The molecule has 1 atom stereocenters. The van der Waals surface area contributed by atoms with Crippen LogP contribution in [-0.2, 0) is 0 Å². The van der Waals surface area contributed by atoms with Crippen molar-refractivity contribution in [1.29, 1.82) is 0 Å². The Balaban J connectivity index is 2.21. The Morgan fingerprint density at radius 1 is 1.27 bits per heavy atom. The Morgan fingerprint density at radius 2 is 1.91 bits per heavy atom. The summed E-state index contributed by atoms with van der Waals surface area (Å²) in [6.45, 7) is 4.31. The highest BCUT2D eigenvalue weighted by atomic mass is 16.3. The standard InChI is InChI=1S/C9H19NO/c1-2-6-9(11)10-7-4-3-5-8-10/h9,11H,2-8H2,1H3. The molecule has 1 rings (SSSR count). The molecule has 1 heterocycles. The van der Waals surface area contributed by atoms with Crippen LogP contribution in [-0.4, -0.2) is 29.3 Å². The third-order valence-corrected chi connectivity index (χ3v) is 2.36. The molecule has 1 saturated heterocycles. The Morgan fingerprint density at radius 3 is 2.45 bits per heavy atom. The third kappa shape index (κ3) is 2.80. The van der Waals surface area contributed by atoms with Crippen LogP contribution in [0.2, 0.25) is 0 Å². The minimum atomic E-state index is -0.166. The zero-order valence-electron chi connectivity index (χ0n) is 7.42. The number of hydrogen-bond acceptors (Lipinski definition) is 2. The van der Waals surface area contributed by atoms with Gasteiger partial charge in [0.05, 0.1) is 0 Å². The van der Waals surface area contributed by atoms with Gasteiger partial charge in [0.2, 0.25) is 0 Å². The second-order valence-electron chi connectivity index (χ2n) is 3.37. The van der Waals surface area contributed by atoms with E-state index in [0.717, 1.165) is 25.9 Å². The lowest BCUT2D eigenvalue weighted by atomic mass is 10.1. The molecule has 11 heavy (non-hydrogen) atoms. The largest absolute Gasteiger partial charge is 0.378 e. The molecule has 0 aromatic rings. The Bertz CT molecular complexity index is 99.7. The summed E-state index contributed by atoms with van der Waals surface area (Å²) in [5.41, 5.74) is 0. The van der Waals surface area contributed by atoms with Crippen molar-refractivity contribution in [3.8, 4) is 0 Å². The Labute approximate surface area is 69.2 Å². The van der Waals surface area contributed by atoms with Crippen molar-refractivity contribution in [3.63, 3.8) is 0 Å². The van der Waals surface area contributed by atoms with Crippen LogP contribution in [0.5, 0.6) is 0 Å². The van der Waals surface area contributed by atoms with Gasteiger partial charge in [-0.2, -0.15) is 0 Å². The molecule has 1 aliphatic heterocycles. The van der Waals surface area contributed by atoms with E-state index in [9.17, 15) is 5.11 Å². The lowest BCUT2D eigenvalue weighted by Gasteiger charge is -2.30. The van der Waals surface area contributed by atoms with Crippen molar-refractivity contribution in [2.75, 3.05) is 13.1 Å². The predicted molar refractivity (Wildman–Crippen MR) is 46.3 cm³/mol. The zero-order valence-corrected chi connectivity index (χ0v) is 7.42. The molecule has 2 nitrogen and oxygen atoms in total. The molecule has 0 radical (unpaired) electrons. The first-order valence-corrected chi connectivity index (χ1v) is 4.76. The molecule has 0 bridgehead atoms. The molecule has 66 valence electrons. The second kappa shape index (κ2) is 4.73. The predicted octanol–water partition coefficient (Wildman–Crippen LogP) is 1.59. The van der Waals surface area contributed by atoms with Crippen molar-refractivity contribution < 1.29 is 5.11 Å². The van der Waals surface area contributed by atoms with Crippen LogP contribution in [0, 0.1) is 0 Å². The van der Waals surface area contributed by atoms with Gasteiger partial charge in [-0.25, -0.2) is 0 Å². The SMILES string of the molecule is CCCC(O)N1CCCCC1. The number of hydrogen-bond donors (Lipinski definition) is 1. The third-order valence-electron chi connectivity index (χ3n) is 2.36. The molecule has 0 amide bonds. The van der Waals surface area contributed by atoms with Gasteiger partial charge in [0.1, 0.15) is 6.23 Å². The summed E-state index contributed by atoms with van der Waals surface area (Å²) in [6, 6.07) is 0. The van der Waals surface area contributed by atoms with Crippen molar-refractivity contribution in [2.24, 2.45) is 0 Å². The van der Waals surface area contributed by atoms with Crippen molar-refractivity contribution in [1.82, 2.24) is 4.90 Å². The number of aliphatic hydroxyl groups excluding tert-OH is 1. The van der Waals surface area contributed by atoms with E-state index in [1.807, 2.05) is 0 Å². The van der Waals surface area contributed by atoms with Crippen LogP contribution < -0.4 is 0 Å². The molecule has 0 aromatic carbocycles. The number of rotatable bonds is 3. The summed E-state index contributed by atoms with van der Waals surface area (Å²) < 4.78 is 0. The van der Waals surface area contributed by atoms with Crippen LogP contribution in [0.3, 0.4) is 0 Å². The van der Waals surface area contributed by atoms with Gasteiger partial charge < -0.3 is 5.11 Å². The van der Waals surface area contributed by atoms with E-state index >= 15 is 0 Å². The summed E-state index contributed by atoms with van der Waals surface area (Å²) in [4.78, 5) is 2.20. The molecule has 1 N–H and O–H groups in total. The van der Waals surface area contributed by atoms with Crippen LogP contribution in [0.1, 0.15) is 39.0 Å². The monoisotopic (exact) mass is 157 g/mol. The normalized spacial score (nSPS) is 23.5. The van der Waals surface area contributed by atoms with Gasteiger partial charge in [-0.05, 0) is 19.3 Å². The molecule has 0 aliphatic carbocycles. The van der Waals surface area contributed by atoms with Crippen molar-refractivity contribution >= 4 is 0 Å². The first-order valence-electron chi connectivity index (χ1n) is 4.76. The van der Waals surface area contributed by atoms with E-state index in [1.54, 1.807) is 0 Å². The van der Waals surface area contributed by atoms with Crippen molar-refractivity contribution in [2.45, 2.75) is 45.3 Å². The van der Waals surface area contributed by atoms with Crippen LogP contribution in [0.25, 0.3) is 0 Å². The van der Waals surface area contributed by atoms with E-state index < -0.39 is 0 Å². The van der Waals surface area contributed by atoms with Crippen LogP contribution >= 0.6 is 0 Å². The fourth-order valence-corrected chi connectivity index (χ4v) is 1.66. The van der Waals surface area contributed by atoms with Gasteiger partial charge in [-0.1, -0.05) is 19.8 Å². The smallest absolute Gasteiger partial charge is 0.107 e. The Hall–Kier alpha value is -0.0800. The maximum atomic E-state index is 9.60. The summed E-state index contributed by atoms with van der Waals surface area (Å²) >= 11 is 0. The maximum Gasteiger partial charge on any atom is 0.107 e. The molecule has 0 spiro atoms. The number of likely N-dealkylation sites (tertiary alicyclic amines) is 1. The van der Waals surface area contributed by atoms with Crippen LogP contribution in [0.4, 0.5) is 0 Å². The first-order chi connectivity index (χ1) is 5.34. The topological polar surface area (TPSA) is 23.5 Å². The molecule has 1 fully saturated rings. The molecule has 0 saturated carbocycles. The van der Waals surface area contributed by atoms with Gasteiger partial charge in [-0.15, -0.1) is 0 Å². The molecule has 2 heteroatoms. The molecule has 1 aliphatic rings. The first kappa shape index (κ1) is 9.01. The van der Waals surface area contributed by atoms with Crippen molar-refractivity contribution in [3.05, 3.63) is 0 Å². The minimum Gasteiger partial charge on any atom is -0.378 e. The highest BCUT2D eigenvalue weighted by molar-refractivity contribution is 4.66. The van der Waals surface area contributed by atoms with Gasteiger partial charge in [-0.3, -0.25) is 4.90 Å². The van der Waals surface area contributed by atoms with Gasteiger partial charge in [0.15, 0.2) is 0 Å².